The molecule has 0 unspecified atom stereocenters. The van der Waals surface area contributed by atoms with Crippen LogP contribution < -0.4 is 5.32 Å². The van der Waals surface area contributed by atoms with Gasteiger partial charge >= 0.3 is 0 Å². The monoisotopic (exact) mass is 304 g/mol. The van der Waals surface area contributed by atoms with Crippen LogP contribution in [0.3, 0.4) is 0 Å². The molecule has 2 aromatic rings. The second-order valence-corrected chi connectivity index (χ2v) is 5.37. The summed E-state index contributed by atoms with van der Waals surface area (Å²) in [6.45, 7) is 2.00. The molecule has 0 radical (unpaired) electrons. The summed E-state index contributed by atoms with van der Waals surface area (Å²) in [5.74, 6) is 0.935. The van der Waals surface area contributed by atoms with Crippen LogP contribution >= 0.6 is 0 Å². The Hall–Kier alpha value is -2.22. The molecule has 8 nitrogen and oxygen atoms in total. The summed E-state index contributed by atoms with van der Waals surface area (Å²) in [4.78, 5) is 29.4. The SMILES string of the molecule is COCCC(=O)N1CCC(Nc2ncnc3nc[nH]c23)CC1. The van der Waals surface area contributed by atoms with Gasteiger partial charge in [-0.3, -0.25) is 4.79 Å². The van der Waals surface area contributed by atoms with Crippen molar-refractivity contribution in [1.29, 1.82) is 0 Å². The molecule has 0 aliphatic carbocycles. The first-order valence-corrected chi connectivity index (χ1v) is 7.45. The lowest BCUT2D eigenvalue weighted by molar-refractivity contribution is -0.133. The summed E-state index contributed by atoms with van der Waals surface area (Å²) >= 11 is 0. The Balaban J connectivity index is 1.56. The Kier molecular flexibility index (Phi) is 4.47. The molecule has 2 aromatic heterocycles. The van der Waals surface area contributed by atoms with E-state index in [2.05, 4.69) is 25.3 Å². The standard InChI is InChI=1S/C14H20N6O2/c1-22-7-4-11(21)20-5-2-10(3-6-20)19-14-12-13(16-8-15-12)17-9-18-14/h8-10H,2-7H2,1H3,(H2,15,16,17,18,19). The maximum absolute atomic E-state index is 12.0. The van der Waals surface area contributed by atoms with E-state index in [-0.39, 0.29) is 5.91 Å². The number of hydrogen-bond acceptors (Lipinski definition) is 6. The highest BCUT2D eigenvalue weighted by molar-refractivity contribution is 5.82. The summed E-state index contributed by atoms with van der Waals surface area (Å²) in [5.41, 5.74) is 1.48. The second kappa shape index (κ2) is 6.69. The van der Waals surface area contributed by atoms with Crippen molar-refractivity contribution in [1.82, 2.24) is 24.8 Å². The fourth-order valence-corrected chi connectivity index (χ4v) is 2.69. The molecule has 0 atom stereocenters. The van der Waals surface area contributed by atoms with Crippen LogP contribution in [-0.4, -0.2) is 63.6 Å². The zero-order chi connectivity index (χ0) is 15.4. The highest BCUT2D eigenvalue weighted by Crippen LogP contribution is 2.20. The molecule has 3 rings (SSSR count). The van der Waals surface area contributed by atoms with Crippen LogP contribution in [0.5, 0.6) is 0 Å². The molecular weight excluding hydrogens is 284 g/mol. The number of piperidine rings is 1. The van der Waals surface area contributed by atoms with Crippen LogP contribution in [0.2, 0.25) is 0 Å². The minimum absolute atomic E-state index is 0.165. The third-order valence-corrected chi connectivity index (χ3v) is 3.93. The van der Waals surface area contributed by atoms with Gasteiger partial charge in [0.15, 0.2) is 11.5 Å². The number of anilines is 1. The molecular formula is C14H20N6O2. The number of imidazole rings is 1. The number of carbonyl (C=O) groups is 1. The maximum atomic E-state index is 12.0. The number of hydrogen-bond donors (Lipinski definition) is 2. The van der Waals surface area contributed by atoms with Gasteiger partial charge < -0.3 is 19.9 Å². The zero-order valence-corrected chi connectivity index (χ0v) is 12.6. The number of ether oxygens (including phenoxy) is 1. The molecule has 0 bridgehead atoms. The average Bonchev–Trinajstić information content (AvgIpc) is 3.03. The molecule has 0 aromatic carbocycles. The van der Waals surface area contributed by atoms with Crippen LogP contribution in [0.25, 0.3) is 11.2 Å². The Labute approximate surface area is 128 Å². The Morgan fingerprint density at radius 2 is 2.23 bits per heavy atom. The van der Waals surface area contributed by atoms with Crippen LogP contribution in [0.15, 0.2) is 12.7 Å². The minimum Gasteiger partial charge on any atom is -0.384 e. The number of aromatic amines is 1. The molecule has 1 aliphatic heterocycles. The van der Waals surface area contributed by atoms with Crippen molar-refractivity contribution in [3.8, 4) is 0 Å². The second-order valence-electron chi connectivity index (χ2n) is 5.37. The van der Waals surface area contributed by atoms with Crippen LogP contribution in [0.1, 0.15) is 19.3 Å². The summed E-state index contributed by atoms with van der Waals surface area (Å²) < 4.78 is 4.95. The topological polar surface area (TPSA) is 96.0 Å². The van der Waals surface area contributed by atoms with Crippen molar-refractivity contribution in [2.75, 3.05) is 32.1 Å². The van der Waals surface area contributed by atoms with E-state index in [0.717, 1.165) is 37.3 Å². The van der Waals surface area contributed by atoms with E-state index >= 15 is 0 Å². The summed E-state index contributed by atoms with van der Waals surface area (Å²) in [6.07, 6.45) is 5.38. The van der Waals surface area contributed by atoms with Gasteiger partial charge in [0.05, 0.1) is 19.4 Å². The number of aromatic nitrogens is 4. The van der Waals surface area contributed by atoms with Gasteiger partial charge in [0.1, 0.15) is 11.8 Å². The van der Waals surface area contributed by atoms with E-state index in [1.807, 2.05) is 4.90 Å². The number of fused-ring (bicyclic) bond motifs is 1. The molecule has 22 heavy (non-hydrogen) atoms. The molecule has 0 spiro atoms. The lowest BCUT2D eigenvalue weighted by atomic mass is 10.0. The number of nitrogens with zero attached hydrogens (tertiary/aromatic N) is 4. The summed E-state index contributed by atoms with van der Waals surface area (Å²) in [5, 5.41) is 3.43. The van der Waals surface area contributed by atoms with E-state index in [4.69, 9.17) is 4.74 Å². The summed E-state index contributed by atoms with van der Waals surface area (Å²) in [6, 6.07) is 0.299. The van der Waals surface area contributed by atoms with E-state index in [9.17, 15) is 4.79 Å². The van der Waals surface area contributed by atoms with E-state index < -0.39 is 0 Å². The Bertz CT molecular complexity index is 635. The fraction of sp³-hybridized carbons (Fsp3) is 0.571. The first-order chi connectivity index (χ1) is 10.8. The van der Waals surface area contributed by atoms with Gasteiger partial charge in [0.25, 0.3) is 0 Å². The average molecular weight is 304 g/mol. The molecule has 1 saturated heterocycles. The van der Waals surface area contributed by atoms with Crippen molar-refractivity contribution < 1.29 is 9.53 Å². The van der Waals surface area contributed by atoms with Gasteiger partial charge in [-0.15, -0.1) is 0 Å². The van der Waals surface area contributed by atoms with Crippen molar-refractivity contribution in [3.05, 3.63) is 12.7 Å². The summed E-state index contributed by atoms with van der Waals surface area (Å²) in [7, 11) is 1.61. The first kappa shape index (κ1) is 14.7. The van der Waals surface area contributed by atoms with Crippen molar-refractivity contribution in [2.45, 2.75) is 25.3 Å². The highest BCUT2D eigenvalue weighted by atomic mass is 16.5. The van der Waals surface area contributed by atoms with Crippen LogP contribution in [-0.2, 0) is 9.53 Å². The van der Waals surface area contributed by atoms with Crippen LogP contribution in [0, 0.1) is 0 Å². The zero-order valence-electron chi connectivity index (χ0n) is 12.6. The molecule has 3 heterocycles. The normalized spacial score (nSPS) is 16.1. The number of likely N-dealkylation sites (tertiary alicyclic amines) is 1. The molecule has 1 amide bonds. The lowest BCUT2D eigenvalue weighted by Crippen LogP contribution is -2.42. The van der Waals surface area contributed by atoms with E-state index in [1.54, 1.807) is 13.4 Å². The number of rotatable bonds is 5. The predicted octanol–water partition coefficient (Wildman–Crippen LogP) is 0.792. The smallest absolute Gasteiger partial charge is 0.224 e. The maximum Gasteiger partial charge on any atom is 0.224 e. The fourth-order valence-electron chi connectivity index (χ4n) is 2.69. The molecule has 2 N–H and O–H groups in total. The minimum atomic E-state index is 0.165. The third-order valence-electron chi connectivity index (χ3n) is 3.93. The molecule has 118 valence electrons. The first-order valence-electron chi connectivity index (χ1n) is 7.45. The molecule has 0 saturated carbocycles. The van der Waals surface area contributed by atoms with Gasteiger partial charge in [-0.2, -0.15) is 0 Å². The van der Waals surface area contributed by atoms with Gasteiger partial charge in [-0.05, 0) is 12.8 Å². The number of nitrogens with one attached hydrogen (secondary N) is 2. The van der Waals surface area contributed by atoms with Gasteiger partial charge in [0, 0.05) is 26.2 Å². The van der Waals surface area contributed by atoms with E-state index in [0.29, 0.717) is 24.7 Å². The van der Waals surface area contributed by atoms with Gasteiger partial charge in [-0.25, -0.2) is 15.0 Å². The number of methoxy groups -OCH3 is 1. The van der Waals surface area contributed by atoms with E-state index in [1.165, 1.54) is 6.33 Å². The van der Waals surface area contributed by atoms with Crippen molar-refractivity contribution in [2.24, 2.45) is 0 Å². The van der Waals surface area contributed by atoms with Crippen LogP contribution in [0.4, 0.5) is 5.82 Å². The largest absolute Gasteiger partial charge is 0.384 e. The highest BCUT2D eigenvalue weighted by Gasteiger charge is 2.23. The molecule has 8 heteroatoms. The molecule has 1 fully saturated rings. The Morgan fingerprint density at radius 1 is 1.41 bits per heavy atom. The predicted molar refractivity (Wildman–Crippen MR) is 81.4 cm³/mol. The van der Waals surface area contributed by atoms with Gasteiger partial charge in [-0.1, -0.05) is 0 Å². The van der Waals surface area contributed by atoms with Crippen molar-refractivity contribution in [3.63, 3.8) is 0 Å². The molecule has 1 aliphatic rings. The quantitative estimate of drug-likeness (QED) is 0.848. The van der Waals surface area contributed by atoms with Gasteiger partial charge in [0.2, 0.25) is 5.91 Å². The lowest BCUT2D eigenvalue weighted by Gasteiger charge is -2.32. The van der Waals surface area contributed by atoms with Crippen molar-refractivity contribution >= 4 is 22.9 Å². The third kappa shape index (κ3) is 3.16. The number of H-pyrrole nitrogens is 1. The Morgan fingerprint density at radius 3 is 3.00 bits per heavy atom. The number of carbonyl (C=O) groups excluding carboxylic acids is 1. The number of amides is 1.